The lowest BCUT2D eigenvalue weighted by Crippen LogP contribution is -2.50. The third-order valence-electron chi connectivity index (χ3n) is 6.39. The first-order chi connectivity index (χ1) is 18.3. The minimum Gasteiger partial charge on any atom is -0.406 e. The summed E-state index contributed by atoms with van der Waals surface area (Å²) in [6, 6.07) is 10.3. The van der Waals surface area contributed by atoms with Crippen molar-refractivity contribution in [1.29, 1.82) is 0 Å². The van der Waals surface area contributed by atoms with Crippen LogP contribution in [0.15, 0.2) is 52.9 Å². The molecule has 4 N–H and O–H groups in total. The van der Waals surface area contributed by atoms with E-state index >= 15 is 0 Å². The molecule has 10 nitrogen and oxygen atoms in total. The first-order valence-corrected chi connectivity index (χ1v) is 13.4. The fourth-order valence-electron chi connectivity index (χ4n) is 4.35. The van der Waals surface area contributed by atoms with Crippen LogP contribution in [-0.2, 0) is 19.6 Å². The van der Waals surface area contributed by atoms with Gasteiger partial charge in [-0.2, -0.15) is 4.31 Å². The molecule has 0 atom stereocenters. The third-order valence-corrected chi connectivity index (χ3v) is 7.95. The Labute approximate surface area is 222 Å². The van der Waals surface area contributed by atoms with Gasteiger partial charge >= 0.3 is 6.36 Å². The Morgan fingerprint density at radius 1 is 1.23 bits per heavy atom. The highest BCUT2D eigenvalue weighted by Gasteiger charge is 2.47. The number of carbonyl (C=O) groups excluding carboxylic acids is 2. The largest absolute Gasteiger partial charge is 0.573 e. The molecular formula is C25H26F3N5O5S. The zero-order chi connectivity index (χ0) is 28.4. The van der Waals surface area contributed by atoms with Gasteiger partial charge in [-0.1, -0.05) is 18.2 Å². The molecule has 0 aliphatic carbocycles. The maximum Gasteiger partial charge on any atom is 0.573 e. The number of aliphatic imine (C=N–C) groups is 1. The van der Waals surface area contributed by atoms with Gasteiger partial charge in [0.1, 0.15) is 17.1 Å². The molecule has 14 heteroatoms. The van der Waals surface area contributed by atoms with E-state index in [1.807, 2.05) is 0 Å². The van der Waals surface area contributed by atoms with Crippen LogP contribution in [0.3, 0.4) is 0 Å². The molecular weight excluding hydrogens is 539 g/mol. The van der Waals surface area contributed by atoms with Crippen LogP contribution in [-0.4, -0.2) is 61.9 Å². The smallest absolute Gasteiger partial charge is 0.406 e. The SMILES string of the molecule is Cc1cc(NCC(N)=O)ccc1C=CS(=O)(=O)N1CCC2(CC1)N=C(c1cccc(OC(F)(F)F)c1)NC2=O. The van der Waals surface area contributed by atoms with E-state index in [0.29, 0.717) is 11.3 Å². The van der Waals surface area contributed by atoms with Crippen molar-refractivity contribution >= 4 is 39.4 Å². The Morgan fingerprint density at radius 2 is 1.95 bits per heavy atom. The van der Waals surface area contributed by atoms with E-state index in [4.69, 9.17) is 5.73 Å². The van der Waals surface area contributed by atoms with Crippen LogP contribution in [0.25, 0.3) is 6.08 Å². The number of nitrogens with one attached hydrogen (secondary N) is 2. The summed E-state index contributed by atoms with van der Waals surface area (Å²) in [6.07, 6.45) is -3.18. The van der Waals surface area contributed by atoms with Gasteiger partial charge in [0.25, 0.3) is 5.91 Å². The molecule has 208 valence electrons. The van der Waals surface area contributed by atoms with Crippen LogP contribution in [0.2, 0.25) is 0 Å². The second kappa shape index (κ2) is 10.7. The number of benzene rings is 2. The molecule has 2 aliphatic rings. The number of nitrogens with zero attached hydrogens (tertiary/aromatic N) is 2. The van der Waals surface area contributed by atoms with Crippen LogP contribution in [0.1, 0.15) is 29.5 Å². The minimum absolute atomic E-state index is 0.0259. The molecule has 1 fully saturated rings. The van der Waals surface area contributed by atoms with Crippen molar-refractivity contribution in [3.63, 3.8) is 0 Å². The molecule has 1 spiro atoms. The summed E-state index contributed by atoms with van der Waals surface area (Å²) in [5.41, 5.74) is 6.27. The molecule has 39 heavy (non-hydrogen) atoms. The average molecular weight is 566 g/mol. The first-order valence-electron chi connectivity index (χ1n) is 11.8. The maximum absolute atomic E-state index is 13.0. The van der Waals surface area contributed by atoms with Gasteiger partial charge in [0.2, 0.25) is 15.9 Å². The van der Waals surface area contributed by atoms with E-state index in [9.17, 15) is 31.2 Å². The zero-order valence-electron chi connectivity index (χ0n) is 20.8. The summed E-state index contributed by atoms with van der Waals surface area (Å²) in [5, 5.41) is 6.57. The second-order valence-corrected chi connectivity index (χ2v) is 11.0. The molecule has 0 saturated carbocycles. The number of ether oxygens (including phenoxy) is 1. The number of anilines is 1. The van der Waals surface area contributed by atoms with Crippen molar-refractivity contribution in [3.05, 3.63) is 64.6 Å². The molecule has 2 heterocycles. The lowest BCUT2D eigenvalue weighted by Gasteiger charge is -2.34. The Morgan fingerprint density at radius 3 is 2.59 bits per heavy atom. The van der Waals surface area contributed by atoms with E-state index in [1.54, 1.807) is 25.1 Å². The highest BCUT2D eigenvalue weighted by Crippen LogP contribution is 2.33. The lowest BCUT2D eigenvalue weighted by molar-refractivity contribution is -0.274. The number of sulfonamides is 1. The molecule has 2 aliphatic heterocycles. The number of amidine groups is 1. The molecule has 0 bridgehead atoms. The van der Waals surface area contributed by atoms with E-state index in [2.05, 4.69) is 20.4 Å². The summed E-state index contributed by atoms with van der Waals surface area (Å²) in [5.74, 6) is -1.29. The quantitative estimate of drug-likeness (QED) is 0.449. The van der Waals surface area contributed by atoms with Gasteiger partial charge in [-0.05, 0) is 61.2 Å². The van der Waals surface area contributed by atoms with E-state index in [0.717, 1.165) is 23.1 Å². The molecule has 0 radical (unpaired) electrons. The molecule has 2 amide bonds. The number of amides is 2. The molecule has 2 aromatic carbocycles. The number of carbonyl (C=O) groups is 2. The fraction of sp³-hybridized carbons (Fsp3) is 0.320. The van der Waals surface area contributed by atoms with Crippen molar-refractivity contribution in [1.82, 2.24) is 9.62 Å². The predicted octanol–water partition coefficient (Wildman–Crippen LogP) is 2.50. The topological polar surface area (TPSA) is 143 Å². The summed E-state index contributed by atoms with van der Waals surface area (Å²) >= 11 is 0. The number of alkyl halides is 3. The summed E-state index contributed by atoms with van der Waals surface area (Å²) in [4.78, 5) is 28.2. The van der Waals surface area contributed by atoms with Crippen LogP contribution in [0, 0.1) is 6.92 Å². The van der Waals surface area contributed by atoms with Crippen molar-refractivity contribution in [3.8, 4) is 5.75 Å². The van der Waals surface area contributed by atoms with Crippen LogP contribution >= 0.6 is 0 Å². The molecule has 4 rings (SSSR count). The van der Waals surface area contributed by atoms with Gasteiger partial charge in [0, 0.05) is 29.7 Å². The number of halogens is 3. The van der Waals surface area contributed by atoms with Gasteiger partial charge in [0.05, 0.1) is 6.54 Å². The highest BCUT2D eigenvalue weighted by atomic mass is 32.2. The number of aryl methyl sites for hydroxylation is 1. The number of hydrogen-bond donors (Lipinski definition) is 3. The van der Waals surface area contributed by atoms with Gasteiger partial charge in [-0.15, -0.1) is 13.2 Å². The first kappa shape index (κ1) is 28.1. The van der Waals surface area contributed by atoms with Crippen molar-refractivity contribution in [2.24, 2.45) is 10.7 Å². The number of piperidine rings is 1. The Balaban J connectivity index is 1.43. The standard InChI is InChI=1S/C25H26F3N5O5S/c1-16-13-19(30-15-21(29)34)6-5-17(16)7-12-39(36,37)33-10-8-24(9-11-33)23(35)31-22(32-24)18-3-2-4-20(14-18)38-25(26,27)28/h2-7,12-14,30H,8-11,15H2,1H3,(H2,29,34)(H,31,32,35). The summed E-state index contributed by atoms with van der Waals surface area (Å²) in [6.45, 7) is 1.83. The van der Waals surface area contributed by atoms with Crippen molar-refractivity contribution in [2.75, 3.05) is 25.0 Å². The van der Waals surface area contributed by atoms with E-state index in [-0.39, 0.29) is 43.9 Å². The predicted molar refractivity (Wildman–Crippen MR) is 138 cm³/mol. The maximum atomic E-state index is 13.0. The number of hydrogen-bond acceptors (Lipinski definition) is 7. The molecule has 0 unspecified atom stereocenters. The molecule has 1 saturated heterocycles. The van der Waals surface area contributed by atoms with Crippen LogP contribution < -0.4 is 21.1 Å². The van der Waals surface area contributed by atoms with E-state index in [1.165, 1.54) is 22.5 Å². The monoisotopic (exact) mass is 565 g/mol. The van der Waals surface area contributed by atoms with Crippen molar-refractivity contribution < 1.29 is 35.9 Å². The average Bonchev–Trinajstić information content (AvgIpc) is 3.17. The number of nitrogens with two attached hydrogens (primary N) is 1. The Hall–Kier alpha value is -3.91. The summed E-state index contributed by atoms with van der Waals surface area (Å²) in [7, 11) is -3.81. The summed E-state index contributed by atoms with van der Waals surface area (Å²) < 4.78 is 68.9. The number of primary amides is 1. The second-order valence-electron chi connectivity index (χ2n) is 9.16. The van der Waals surface area contributed by atoms with Gasteiger partial charge in [0.15, 0.2) is 0 Å². The number of rotatable bonds is 8. The third kappa shape index (κ3) is 6.75. The highest BCUT2D eigenvalue weighted by molar-refractivity contribution is 7.92. The van der Waals surface area contributed by atoms with Crippen molar-refractivity contribution in [2.45, 2.75) is 31.7 Å². The van der Waals surface area contributed by atoms with Crippen LogP contribution in [0.4, 0.5) is 18.9 Å². The van der Waals surface area contributed by atoms with E-state index < -0.39 is 39.5 Å². The van der Waals surface area contributed by atoms with Crippen LogP contribution in [0.5, 0.6) is 5.75 Å². The normalized spacial score (nSPS) is 17.7. The van der Waals surface area contributed by atoms with Gasteiger partial charge in [-0.3, -0.25) is 14.6 Å². The minimum atomic E-state index is -4.86. The zero-order valence-corrected chi connectivity index (χ0v) is 21.6. The van der Waals surface area contributed by atoms with Gasteiger partial charge < -0.3 is 21.1 Å². The Kier molecular flexibility index (Phi) is 7.70. The molecule has 2 aromatic rings. The Bertz CT molecular complexity index is 1450. The molecule has 0 aromatic heterocycles. The lowest BCUT2D eigenvalue weighted by atomic mass is 9.89. The fourth-order valence-corrected chi connectivity index (χ4v) is 5.53. The van der Waals surface area contributed by atoms with Gasteiger partial charge in [-0.25, -0.2) is 8.42 Å².